The van der Waals surface area contributed by atoms with Gasteiger partial charge < -0.3 is 4.74 Å². The van der Waals surface area contributed by atoms with E-state index in [1.165, 1.54) is 24.4 Å². The predicted molar refractivity (Wildman–Crippen MR) is 90.7 cm³/mol. The van der Waals surface area contributed by atoms with Crippen LogP contribution in [0.25, 0.3) is 0 Å². The number of halogens is 2. The van der Waals surface area contributed by atoms with E-state index in [9.17, 15) is 4.21 Å². The van der Waals surface area contributed by atoms with E-state index in [-0.39, 0.29) is 6.54 Å². The number of aryl methyl sites for hydroxylation is 2. The van der Waals surface area contributed by atoms with Gasteiger partial charge in [0.15, 0.2) is 5.60 Å². The SMILES string of the molecule is COC(Cn1cncn1)(c1ccc(C)cc1C)C(F)(F)S(=O)C1CC1. The van der Waals surface area contributed by atoms with Crippen LogP contribution in [-0.2, 0) is 27.7 Å². The third-order valence-corrected chi connectivity index (χ3v) is 6.48. The highest BCUT2D eigenvalue weighted by Crippen LogP contribution is 2.49. The molecule has 3 rings (SSSR count). The van der Waals surface area contributed by atoms with E-state index in [0.29, 0.717) is 24.0 Å². The maximum atomic E-state index is 15.5. The highest BCUT2D eigenvalue weighted by atomic mass is 32.2. The third-order valence-electron chi connectivity index (χ3n) is 4.57. The van der Waals surface area contributed by atoms with Crippen LogP contribution >= 0.6 is 0 Å². The second-order valence-electron chi connectivity index (χ2n) is 6.46. The zero-order valence-corrected chi connectivity index (χ0v) is 15.2. The molecule has 0 bridgehead atoms. The summed E-state index contributed by atoms with van der Waals surface area (Å²) in [7, 11) is -1.11. The Balaban J connectivity index is 2.16. The molecule has 5 nitrogen and oxygen atoms in total. The van der Waals surface area contributed by atoms with E-state index in [1.54, 1.807) is 19.1 Å². The van der Waals surface area contributed by atoms with Gasteiger partial charge in [-0.2, -0.15) is 13.9 Å². The Morgan fingerprint density at radius 3 is 2.60 bits per heavy atom. The summed E-state index contributed by atoms with van der Waals surface area (Å²) in [5.41, 5.74) is -0.158. The molecule has 1 heterocycles. The van der Waals surface area contributed by atoms with Crippen LogP contribution in [0.1, 0.15) is 29.5 Å². The van der Waals surface area contributed by atoms with E-state index in [4.69, 9.17) is 4.74 Å². The standard InChI is InChI=1S/C17H21F2N3O2S/c1-12-4-7-15(13(2)8-12)16(24-3,9-22-11-20-10-21-22)17(18,19)25(23)14-5-6-14/h4,7-8,10-11,14H,5-6,9H2,1-3H3. The summed E-state index contributed by atoms with van der Waals surface area (Å²) in [4.78, 5) is 3.82. The van der Waals surface area contributed by atoms with Gasteiger partial charge in [-0.1, -0.05) is 23.8 Å². The van der Waals surface area contributed by atoms with Crippen molar-refractivity contribution in [2.24, 2.45) is 0 Å². The molecule has 0 aliphatic heterocycles. The molecule has 1 aromatic carbocycles. The molecule has 1 aromatic heterocycles. The zero-order valence-electron chi connectivity index (χ0n) is 14.4. The molecule has 0 N–H and O–H groups in total. The Morgan fingerprint density at radius 2 is 2.08 bits per heavy atom. The first-order valence-corrected chi connectivity index (χ1v) is 9.27. The lowest BCUT2D eigenvalue weighted by atomic mass is 9.88. The molecule has 1 aliphatic rings. The average molecular weight is 369 g/mol. The number of hydrogen-bond acceptors (Lipinski definition) is 4. The van der Waals surface area contributed by atoms with Gasteiger partial charge in [0.2, 0.25) is 0 Å². The third kappa shape index (κ3) is 3.13. The maximum absolute atomic E-state index is 15.5. The molecule has 8 heteroatoms. The van der Waals surface area contributed by atoms with Gasteiger partial charge in [0.1, 0.15) is 12.7 Å². The van der Waals surface area contributed by atoms with Crippen molar-refractivity contribution in [3.05, 3.63) is 47.5 Å². The fraction of sp³-hybridized carbons (Fsp3) is 0.529. The summed E-state index contributed by atoms with van der Waals surface area (Å²) in [6.07, 6.45) is 3.74. The summed E-state index contributed by atoms with van der Waals surface area (Å²) in [6, 6.07) is 5.21. The number of methoxy groups -OCH3 is 1. The maximum Gasteiger partial charge on any atom is 0.355 e. The highest BCUT2D eigenvalue weighted by molar-refractivity contribution is 7.87. The lowest BCUT2D eigenvalue weighted by molar-refractivity contribution is -0.162. The molecular weight excluding hydrogens is 348 g/mol. The highest BCUT2D eigenvalue weighted by Gasteiger charge is 2.63. The van der Waals surface area contributed by atoms with Gasteiger partial charge in [0.05, 0.1) is 17.3 Å². The van der Waals surface area contributed by atoms with Crippen LogP contribution in [0.3, 0.4) is 0 Å². The van der Waals surface area contributed by atoms with E-state index < -0.39 is 26.9 Å². The lowest BCUT2D eigenvalue weighted by Gasteiger charge is -2.39. The van der Waals surface area contributed by atoms with E-state index in [0.717, 1.165) is 5.56 Å². The predicted octanol–water partition coefficient (Wildman–Crippen LogP) is 2.94. The Hall–Kier alpha value is -1.67. The molecule has 0 saturated heterocycles. The minimum atomic E-state index is -3.57. The number of benzene rings is 1. The van der Waals surface area contributed by atoms with Crippen LogP contribution in [0.5, 0.6) is 0 Å². The monoisotopic (exact) mass is 369 g/mol. The van der Waals surface area contributed by atoms with Gasteiger partial charge in [-0.25, -0.2) is 9.67 Å². The van der Waals surface area contributed by atoms with Crippen molar-refractivity contribution in [2.45, 2.75) is 49.3 Å². The average Bonchev–Trinajstić information content (AvgIpc) is 3.29. The molecule has 1 aliphatic carbocycles. The number of rotatable bonds is 7. The van der Waals surface area contributed by atoms with Gasteiger partial charge in [-0.3, -0.25) is 4.21 Å². The van der Waals surface area contributed by atoms with Crippen molar-refractivity contribution in [1.82, 2.24) is 14.8 Å². The van der Waals surface area contributed by atoms with Gasteiger partial charge in [0, 0.05) is 12.4 Å². The number of nitrogens with zero attached hydrogens (tertiary/aromatic N) is 3. The molecule has 0 spiro atoms. The largest absolute Gasteiger partial charge is 0.364 e. The van der Waals surface area contributed by atoms with Gasteiger partial charge in [-0.15, -0.1) is 0 Å². The Bertz CT molecular complexity index is 778. The second kappa shape index (κ2) is 6.57. The molecule has 0 amide bonds. The van der Waals surface area contributed by atoms with Crippen LogP contribution in [-0.4, -0.2) is 36.6 Å². The molecular formula is C17H21F2N3O2S. The van der Waals surface area contributed by atoms with Crippen molar-refractivity contribution >= 4 is 10.8 Å². The topological polar surface area (TPSA) is 57.0 Å². The number of aromatic nitrogens is 3. The lowest BCUT2D eigenvalue weighted by Crippen LogP contribution is -2.53. The molecule has 2 unspecified atom stereocenters. The molecule has 1 fully saturated rings. The number of hydrogen-bond donors (Lipinski definition) is 0. The van der Waals surface area contributed by atoms with Crippen molar-refractivity contribution in [2.75, 3.05) is 7.11 Å². The van der Waals surface area contributed by atoms with Crippen LogP contribution < -0.4 is 0 Å². The fourth-order valence-corrected chi connectivity index (χ4v) is 4.66. The molecule has 136 valence electrons. The van der Waals surface area contributed by atoms with E-state index >= 15 is 8.78 Å². The molecule has 25 heavy (non-hydrogen) atoms. The minimum absolute atomic E-state index is 0.279. The Kier molecular flexibility index (Phi) is 4.76. The van der Waals surface area contributed by atoms with Gasteiger partial charge in [-0.05, 0) is 37.8 Å². The van der Waals surface area contributed by atoms with Gasteiger partial charge in [0.25, 0.3) is 0 Å². The first-order chi connectivity index (χ1) is 11.8. The van der Waals surface area contributed by atoms with E-state index in [2.05, 4.69) is 10.1 Å². The van der Waals surface area contributed by atoms with Crippen molar-refractivity contribution in [3.63, 3.8) is 0 Å². The number of alkyl halides is 2. The van der Waals surface area contributed by atoms with Crippen LogP contribution in [0.2, 0.25) is 0 Å². The Morgan fingerprint density at radius 1 is 1.36 bits per heavy atom. The van der Waals surface area contributed by atoms with Crippen LogP contribution in [0, 0.1) is 13.8 Å². The molecule has 0 radical (unpaired) electrons. The summed E-state index contributed by atoms with van der Waals surface area (Å²) in [5, 5.41) is -0.107. The zero-order chi connectivity index (χ0) is 18.2. The summed E-state index contributed by atoms with van der Waals surface area (Å²) >= 11 is 0. The van der Waals surface area contributed by atoms with Gasteiger partial charge >= 0.3 is 5.25 Å². The smallest absolute Gasteiger partial charge is 0.355 e. The van der Waals surface area contributed by atoms with Crippen LogP contribution in [0.15, 0.2) is 30.9 Å². The molecule has 1 saturated carbocycles. The van der Waals surface area contributed by atoms with Crippen molar-refractivity contribution < 1.29 is 17.7 Å². The molecule has 2 atom stereocenters. The minimum Gasteiger partial charge on any atom is -0.364 e. The summed E-state index contributed by atoms with van der Waals surface area (Å²) in [6.45, 7) is 3.37. The van der Waals surface area contributed by atoms with Crippen molar-refractivity contribution in [3.8, 4) is 0 Å². The first-order valence-electron chi connectivity index (χ1n) is 8.05. The summed E-state index contributed by atoms with van der Waals surface area (Å²) < 4.78 is 50.3. The normalized spacial score (nSPS) is 18.8. The van der Waals surface area contributed by atoms with Crippen LogP contribution in [0.4, 0.5) is 8.78 Å². The number of ether oxygens (including phenoxy) is 1. The quantitative estimate of drug-likeness (QED) is 0.753. The fourth-order valence-electron chi connectivity index (χ4n) is 3.09. The van der Waals surface area contributed by atoms with E-state index in [1.807, 2.05) is 13.0 Å². The summed E-state index contributed by atoms with van der Waals surface area (Å²) in [5.74, 6) is 0. The van der Waals surface area contributed by atoms with Crippen molar-refractivity contribution in [1.29, 1.82) is 0 Å². The first kappa shape index (κ1) is 18.1. The second-order valence-corrected chi connectivity index (χ2v) is 8.23. The molecule has 2 aromatic rings. The Labute approximate surface area is 147 Å².